The summed E-state index contributed by atoms with van der Waals surface area (Å²) in [4.78, 5) is 28.2. The van der Waals surface area contributed by atoms with Crippen LogP contribution >= 0.6 is 0 Å². The summed E-state index contributed by atoms with van der Waals surface area (Å²) in [5, 5.41) is 10.2. The number of furan rings is 1. The maximum absolute atomic E-state index is 13.9. The number of nitrogens with zero attached hydrogens (tertiary/aromatic N) is 1. The Morgan fingerprint density at radius 3 is 2.75 bits per heavy atom. The van der Waals surface area contributed by atoms with E-state index < -0.39 is 23.2 Å². The first kappa shape index (κ1) is 19.9. The van der Waals surface area contributed by atoms with Crippen molar-refractivity contribution in [1.29, 1.82) is 0 Å². The summed E-state index contributed by atoms with van der Waals surface area (Å²) in [7, 11) is 0. The lowest BCUT2D eigenvalue weighted by Crippen LogP contribution is -2.29. The zero-order chi connectivity index (χ0) is 22.4. The van der Waals surface area contributed by atoms with E-state index in [1.165, 1.54) is 29.4 Å². The van der Waals surface area contributed by atoms with Gasteiger partial charge in [-0.1, -0.05) is 6.07 Å². The van der Waals surface area contributed by atoms with Crippen molar-refractivity contribution in [3.8, 4) is 11.5 Å². The van der Waals surface area contributed by atoms with E-state index in [2.05, 4.69) is 0 Å². The Morgan fingerprint density at radius 1 is 1.16 bits per heavy atom. The predicted molar refractivity (Wildman–Crippen MR) is 112 cm³/mol. The molecule has 0 spiro atoms. The second kappa shape index (κ2) is 7.56. The monoisotopic (exact) mass is 435 g/mol. The summed E-state index contributed by atoms with van der Waals surface area (Å²) in [5.41, 5.74) is 0.274. The van der Waals surface area contributed by atoms with Crippen LogP contribution in [-0.4, -0.2) is 22.5 Å². The van der Waals surface area contributed by atoms with E-state index in [9.17, 15) is 19.1 Å². The van der Waals surface area contributed by atoms with Crippen molar-refractivity contribution in [3.05, 3.63) is 93.5 Å². The molecule has 7 nitrogen and oxygen atoms in total. The quantitative estimate of drug-likeness (QED) is 0.500. The molecule has 1 aliphatic heterocycles. The van der Waals surface area contributed by atoms with Crippen LogP contribution < -0.4 is 10.2 Å². The smallest absolute Gasteiger partial charge is 0.291 e. The Morgan fingerprint density at radius 2 is 2.00 bits per heavy atom. The molecule has 162 valence electrons. The number of halogens is 1. The standard InChI is InChI=1S/C24H18FNO6/c1-2-30-19-10-13(5-7-17(19)27)21-20-22(28)16-11-14(25)6-8-18(16)32-23(20)24(29)26(21)12-15-4-3-9-31-15/h3-11,21,27H,2,12H2,1H3/t21-/m1/s1. The molecule has 4 aromatic rings. The van der Waals surface area contributed by atoms with E-state index in [1.54, 1.807) is 31.2 Å². The van der Waals surface area contributed by atoms with Gasteiger partial charge >= 0.3 is 0 Å². The zero-order valence-electron chi connectivity index (χ0n) is 17.0. The molecule has 0 radical (unpaired) electrons. The van der Waals surface area contributed by atoms with Crippen LogP contribution in [0.1, 0.15) is 40.4 Å². The molecule has 1 amide bonds. The van der Waals surface area contributed by atoms with Crippen LogP contribution in [0, 0.1) is 5.82 Å². The van der Waals surface area contributed by atoms with Gasteiger partial charge in [0.15, 0.2) is 16.9 Å². The molecule has 1 N–H and O–H groups in total. The van der Waals surface area contributed by atoms with E-state index >= 15 is 0 Å². The van der Waals surface area contributed by atoms with E-state index in [4.69, 9.17) is 13.6 Å². The highest BCUT2D eigenvalue weighted by Gasteiger charge is 2.43. The van der Waals surface area contributed by atoms with Crippen molar-refractivity contribution in [2.45, 2.75) is 19.5 Å². The lowest BCUT2D eigenvalue weighted by molar-refractivity contribution is 0.0701. The number of fused-ring (bicyclic) bond motifs is 2. The van der Waals surface area contributed by atoms with Crippen LogP contribution in [0.3, 0.4) is 0 Å². The zero-order valence-corrected chi connectivity index (χ0v) is 17.0. The third kappa shape index (κ3) is 3.11. The van der Waals surface area contributed by atoms with E-state index in [1.807, 2.05) is 0 Å². The van der Waals surface area contributed by atoms with Crippen molar-refractivity contribution < 1.29 is 27.9 Å². The number of hydrogen-bond donors (Lipinski definition) is 1. The second-order valence-corrected chi connectivity index (χ2v) is 7.39. The van der Waals surface area contributed by atoms with Crippen molar-refractivity contribution in [1.82, 2.24) is 4.90 Å². The fraction of sp³-hybridized carbons (Fsp3) is 0.167. The van der Waals surface area contributed by atoms with Gasteiger partial charge < -0.3 is 23.6 Å². The number of aromatic hydroxyl groups is 1. The van der Waals surface area contributed by atoms with Crippen LogP contribution in [-0.2, 0) is 6.54 Å². The third-order valence-electron chi connectivity index (χ3n) is 5.43. The summed E-state index contributed by atoms with van der Waals surface area (Å²) in [6.45, 7) is 2.17. The average molecular weight is 435 g/mol. The van der Waals surface area contributed by atoms with E-state index in [0.717, 1.165) is 6.07 Å². The fourth-order valence-corrected chi connectivity index (χ4v) is 4.04. The molecule has 2 aromatic heterocycles. The van der Waals surface area contributed by atoms with Crippen molar-refractivity contribution in [2.24, 2.45) is 0 Å². The first-order valence-electron chi connectivity index (χ1n) is 10.0. The number of carbonyl (C=O) groups excluding carboxylic acids is 1. The third-order valence-corrected chi connectivity index (χ3v) is 5.43. The molecule has 1 atom stereocenters. The molecule has 0 saturated carbocycles. The van der Waals surface area contributed by atoms with Crippen LogP contribution in [0.2, 0.25) is 0 Å². The summed E-state index contributed by atoms with van der Waals surface area (Å²) < 4.78 is 30.5. The molecule has 32 heavy (non-hydrogen) atoms. The molecule has 2 aromatic carbocycles. The summed E-state index contributed by atoms with van der Waals surface area (Å²) in [5.74, 6) is -0.498. The Kier molecular flexibility index (Phi) is 4.70. The molecular formula is C24H18FNO6. The highest BCUT2D eigenvalue weighted by Crippen LogP contribution is 2.41. The number of benzene rings is 2. The highest BCUT2D eigenvalue weighted by molar-refractivity contribution is 5.99. The molecule has 0 bridgehead atoms. The first-order valence-corrected chi connectivity index (χ1v) is 10.0. The highest BCUT2D eigenvalue weighted by atomic mass is 19.1. The van der Waals surface area contributed by atoms with Crippen molar-refractivity contribution >= 4 is 16.9 Å². The van der Waals surface area contributed by atoms with Gasteiger partial charge in [0.25, 0.3) is 5.91 Å². The molecule has 1 aliphatic rings. The molecule has 5 rings (SSSR count). The van der Waals surface area contributed by atoms with Crippen molar-refractivity contribution in [2.75, 3.05) is 6.61 Å². The number of hydrogen-bond acceptors (Lipinski definition) is 6. The minimum Gasteiger partial charge on any atom is -0.504 e. The lowest BCUT2D eigenvalue weighted by Gasteiger charge is -2.24. The molecular weight excluding hydrogens is 417 g/mol. The lowest BCUT2D eigenvalue weighted by atomic mass is 9.98. The summed E-state index contributed by atoms with van der Waals surface area (Å²) in [6.07, 6.45) is 1.49. The summed E-state index contributed by atoms with van der Waals surface area (Å²) in [6, 6.07) is 10.8. The number of phenolic OH excluding ortho intramolecular Hbond substituents is 1. The average Bonchev–Trinajstić information content (AvgIpc) is 3.38. The molecule has 0 fully saturated rings. The van der Waals surface area contributed by atoms with Crippen LogP contribution in [0.4, 0.5) is 4.39 Å². The number of amides is 1. The van der Waals surface area contributed by atoms with Gasteiger partial charge in [-0.05, 0) is 55.0 Å². The van der Waals surface area contributed by atoms with Crippen molar-refractivity contribution in [3.63, 3.8) is 0 Å². The minimum atomic E-state index is -0.841. The van der Waals surface area contributed by atoms with Crippen LogP contribution in [0.5, 0.6) is 11.5 Å². The van der Waals surface area contributed by atoms with Crippen LogP contribution in [0.15, 0.2) is 68.4 Å². The minimum absolute atomic E-state index is 0.0465. The summed E-state index contributed by atoms with van der Waals surface area (Å²) >= 11 is 0. The molecule has 0 saturated heterocycles. The number of rotatable bonds is 5. The van der Waals surface area contributed by atoms with E-state index in [-0.39, 0.29) is 40.3 Å². The Hall–Kier alpha value is -4.07. The largest absolute Gasteiger partial charge is 0.504 e. The second-order valence-electron chi connectivity index (χ2n) is 7.39. The first-order chi connectivity index (χ1) is 15.5. The number of phenols is 1. The molecule has 0 unspecified atom stereocenters. The van der Waals surface area contributed by atoms with Gasteiger partial charge in [0.2, 0.25) is 5.76 Å². The van der Waals surface area contributed by atoms with Gasteiger partial charge in [-0.2, -0.15) is 0 Å². The number of ether oxygens (including phenoxy) is 1. The van der Waals surface area contributed by atoms with E-state index in [0.29, 0.717) is 17.9 Å². The number of carbonyl (C=O) groups is 1. The van der Waals surface area contributed by atoms with Gasteiger partial charge in [-0.3, -0.25) is 9.59 Å². The normalized spacial score (nSPS) is 15.4. The molecule has 0 aliphatic carbocycles. The van der Waals surface area contributed by atoms with Gasteiger partial charge in [0, 0.05) is 0 Å². The Bertz CT molecular complexity index is 1390. The van der Waals surface area contributed by atoms with Gasteiger partial charge in [0.1, 0.15) is 17.2 Å². The Labute approximate surface area is 181 Å². The van der Waals surface area contributed by atoms with Gasteiger partial charge in [0.05, 0.1) is 36.4 Å². The van der Waals surface area contributed by atoms with Gasteiger partial charge in [-0.25, -0.2) is 4.39 Å². The topological polar surface area (TPSA) is 93.1 Å². The van der Waals surface area contributed by atoms with Crippen LogP contribution in [0.25, 0.3) is 11.0 Å². The maximum atomic E-state index is 13.9. The Balaban J connectivity index is 1.74. The molecule has 8 heteroatoms. The SMILES string of the molecule is CCOc1cc([C@@H]2c3c(oc4ccc(F)cc4c3=O)C(=O)N2Cc2ccco2)ccc1O. The maximum Gasteiger partial charge on any atom is 0.291 e. The van der Waals surface area contributed by atoms with Gasteiger partial charge in [-0.15, -0.1) is 0 Å². The molecule has 3 heterocycles. The fourth-order valence-electron chi connectivity index (χ4n) is 4.04. The predicted octanol–water partition coefficient (Wildman–Crippen LogP) is 4.37.